The van der Waals surface area contributed by atoms with Gasteiger partial charge in [0.2, 0.25) is 5.91 Å². The molecule has 2 aliphatic heterocycles. The summed E-state index contributed by atoms with van der Waals surface area (Å²) < 4.78 is 7.06. The molecule has 176 valence electrons. The molecule has 2 aliphatic rings. The van der Waals surface area contributed by atoms with E-state index in [0.29, 0.717) is 50.1 Å². The number of amides is 3. The number of rotatable bonds is 7. The maximum Gasteiger partial charge on any atom is 0.263 e. The fraction of sp³-hybridized carbons (Fsp3) is 0.360. The quantitative estimate of drug-likeness (QED) is 0.503. The number of carbonyl (C=O) groups excluding carboxylic acids is 3. The van der Waals surface area contributed by atoms with Crippen LogP contribution in [0, 0.1) is 5.92 Å². The molecule has 5 rings (SSSR count). The Morgan fingerprint density at radius 1 is 1.09 bits per heavy atom. The molecule has 0 N–H and O–H groups in total. The number of nitrogens with zero attached hydrogens (tertiary/aromatic N) is 5. The van der Waals surface area contributed by atoms with Gasteiger partial charge < -0.3 is 14.2 Å². The molecule has 0 unspecified atom stereocenters. The van der Waals surface area contributed by atoms with E-state index < -0.39 is 0 Å². The van der Waals surface area contributed by atoms with Gasteiger partial charge in [-0.1, -0.05) is 6.07 Å². The molecule has 1 saturated heterocycles. The number of aromatic nitrogens is 2. The SMILES string of the molecule is CN(Cc1ccco1)C(=O)C1CCN(c2cccc3c2C(=O)N(CCn2cccn2)C3=O)CC1. The summed E-state index contributed by atoms with van der Waals surface area (Å²) in [5.74, 6) is 0.257. The Morgan fingerprint density at radius 2 is 1.91 bits per heavy atom. The fourth-order valence-corrected chi connectivity index (χ4v) is 4.81. The van der Waals surface area contributed by atoms with Crippen molar-refractivity contribution in [3.8, 4) is 0 Å². The molecule has 0 aliphatic carbocycles. The molecule has 1 aromatic carbocycles. The van der Waals surface area contributed by atoms with Gasteiger partial charge in [0.05, 0.1) is 36.2 Å². The molecule has 3 aromatic rings. The highest BCUT2D eigenvalue weighted by Gasteiger charge is 2.39. The molecule has 0 radical (unpaired) electrons. The standard InChI is InChI=1S/C25H27N5O4/c1-27(17-19-5-3-16-34-19)23(31)18-8-12-28(13-9-18)21-7-2-6-20-22(21)25(33)30(24(20)32)15-14-29-11-4-10-26-29/h2-7,10-11,16,18H,8-9,12-15,17H2,1H3. The van der Waals surface area contributed by atoms with Crippen LogP contribution in [0.5, 0.6) is 0 Å². The minimum atomic E-state index is -0.265. The minimum absolute atomic E-state index is 0.0733. The predicted octanol–water partition coefficient (Wildman–Crippen LogP) is 2.65. The number of benzene rings is 1. The number of hydrogen-bond acceptors (Lipinski definition) is 6. The number of furan rings is 1. The van der Waals surface area contributed by atoms with Crippen molar-refractivity contribution < 1.29 is 18.8 Å². The lowest BCUT2D eigenvalue weighted by Gasteiger charge is -2.35. The molecule has 9 heteroatoms. The van der Waals surface area contributed by atoms with Crippen molar-refractivity contribution in [3.05, 3.63) is 71.9 Å². The van der Waals surface area contributed by atoms with E-state index >= 15 is 0 Å². The molecular formula is C25H27N5O4. The number of hydrogen-bond donors (Lipinski definition) is 0. The van der Waals surface area contributed by atoms with Crippen LogP contribution in [0.4, 0.5) is 5.69 Å². The second-order valence-corrected chi connectivity index (χ2v) is 8.77. The zero-order chi connectivity index (χ0) is 23.7. The van der Waals surface area contributed by atoms with Crippen LogP contribution in [0.2, 0.25) is 0 Å². The lowest BCUT2D eigenvalue weighted by Crippen LogP contribution is -2.41. The highest BCUT2D eigenvalue weighted by atomic mass is 16.3. The second-order valence-electron chi connectivity index (χ2n) is 8.77. The zero-order valence-corrected chi connectivity index (χ0v) is 19.1. The van der Waals surface area contributed by atoms with Gasteiger partial charge in [-0.15, -0.1) is 0 Å². The van der Waals surface area contributed by atoms with Gasteiger partial charge in [0.25, 0.3) is 11.8 Å². The number of carbonyl (C=O) groups is 3. The smallest absolute Gasteiger partial charge is 0.263 e. The summed E-state index contributed by atoms with van der Waals surface area (Å²) in [5, 5.41) is 4.14. The van der Waals surface area contributed by atoms with E-state index in [4.69, 9.17) is 4.42 Å². The van der Waals surface area contributed by atoms with Crippen molar-refractivity contribution in [2.24, 2.45) is 5.92 Å². The van der Waals surface area contributed by atoms with Crippen LogP contribution in [0.25, 0.3) is 0 Å². The Bertz CT molecular complexity index is 1180. The molecule has 1 fully saturated rings. The summed E-state index contributed by atoms with van der Waals surface area (Å²) >= 11 is 0. The third kappa shape index (κ3) is 4.09. The summed E-state index contributed by atoms with van der Waals surface area (Å²) in [7, 11) is 1.80. The lowest BCUT2D eigenvalue weighted by molar-refractivity contribution is -0.135. The summed E-state index contributed by atoms with van der Waals surface area (Å²) in [4.78, 5) is 44.2. The van der Waals surface area contributed by atoms with E-state index in [9.17, 15) is 14.4 Å². The molecule has 4 heterocycles. The highest BCUT2D eigenvalue weighted by molar-refractivity contribution is 6.23. The molecule has 0 saturated carbocycles. The lowest BCUT2D eigenvalue weighted by atomic mass is 9.94. The van der Waals surface area contributed by atoms with E-state index in [1.807, 2.05) is 30.3 Å². The number of imide groups is 1. The first-order chi connectivity index (χ1) is 16.5. The van der Waals surface area contributed by atoms with Crippen molar-refractivity contribution in [1.82, 2.24) is 19.6 Å². The first-order valence-corrected chi connectivity index (χ1v) is 11.5. The van der Waals surface area contributed by atoms with Crippen LogP contribution >= 0.6 is 0 Å². The molecule has 0 atom stereocenters. The first-order valence-electron chi connectivity index (χ1n) is 11.5. The number of piperidine rings is 1. The predicted molar refractivity (Wildman–Crippen MR) is 124 cm³/mol. The van der Waals surface area contributed by atoms with Gasteiger partial charge in [-0.05, 0) is 43.2 Å². The van der Waals surface area contributed by atoms with Crippen LogP contribution in [0.1, 0.15) is 39.3 Å². The molecular weight excluding hydrogens is 434 g/mol. The van der Waals surface area contributed by atoms with E-state index in [-0.39, 0.29) is 30.2 Å². The monoisotopic (exact) mass is 461 g/mol. The van der Waals surface area contributed by atoms with E-state index in [1.165, 1.54) is 4.90 Å². The molecule has 2 aromatic heterocycles. The van der Waals surface area contributed by atoms with Crippen molar-refractivity contribution in [1.29, 1.82) is 0 Å². The van der Waals surface area contributed by atoms with Crippen LogP contribution < -0.4 is 4.90 Å². The Labute approximate surface area is 197 Å². The fourth-order valence-electron chi connectivity index (χ4n) is 4.81. The Kier molecular flexibility index (Phi) is 5.91. The van der Waals surface area contributed by atoms with Gasteiger partial charge in [0.15, 0.2) is 0 Å². The van der Waals surface area contributed by atoms with E-state index in [0.717, 1.165) is 11.4 Å². The van der Waals surface area contributed by atoms with Gasteiger partial charge in [0, 0.05) is 45.0 Å². The maximum absolute atomic E-state index is 13.2. The third-order valence-electron chi connectivity index (χ3n) is 6.62. The second kappa shape index (κ2) is 9.17. The molecule has 3 amide bonds. The topological polar surface area (TPSA) is 91.9 Å². The zero-order valence-electron chi connectivity index (χ0n) is 19.1. The molecule has 34 heavy (non-hydrogen) atoms. The Hall–Kier alpha value is -3.88. The summed E-state index contributed by atoms with van der Waals surface area (Å²) in [6, 6.07) is 10.9. The van der Waals surface area contributed by atoms with Crippen LogP contribution in [0.15, 0.2) is 59.5 Å². The van der Waals surface area contributed by atoms with Crippen LogP contribution in [0.3, 0.4) is 0 Å². The van der Waals surface area contributed by atoms with Crippen LogP contribution in [-0.2, 0) is 17.9 Å². The van der Waals surface area contributed by atoms with Gasteiger partial charge in [-0.2, -0.15) is 5.10 Å². The van der Waals surface area contributed by atoms with Gasteiger partial charge in [-0.25, -0.2) is 0 Å². The average molecular weight is 462 g/mol. The van der Waals surface area contributed by atoms with Crippen molar-refractivity contribution in [3.63, 3.8) is 0 Å². The first kappa shape index (κ1) is 21.9. The summed E-state index contributed by atoms with van der Waals surface area (Å²) in [6.07, 6.45) is 6.46. The third-order valence-corrected chi connectivity index (χ3v) is 6.62. The Balaban J connectivity index is 1.25. The Morgan fingerprint density at radius 3 is 2.62 bits per heavy atom. The average Bonchev–Trinajstić information content (AvgIpc) is 3.61. The summed E-state index contributed by atoms with van der Waals surface area (Å²) in [5.41, 5.74) is 1.68. The van der Waals surface area contributed by atoms with E-state index in [2.05, 4.69) is 10.00 Å². The maximum atomic E-state index is 13.2. The highest BCUT2D eigenvalue weighted by Crippen LogP contribution is 2.34. The molecule has 0 bridgehead atoms. The summed E-state index contributed by atoms with van der Waals surface area (Å²) in [6.45, 7) is 2.47. The minimum Gasteiger partial charge on any atom is -0.467 e. The van der Waals surface area contributed by atoms with E-state index in [1.54, 1.807) is 41.4 Å². The number of fused-ring (bicyclic) bond motifs is 1. The van der Waals surface area contributed by atoms with Gasteiger partial charge in [0.1, 0.15) is 5.76 Å². The van der Waals surface area contributed by atoms with Gasteiger partial charge >= 0.3 is 0 Å². The van der Waals surface area contributed by atoms with Crippen LogP contribution in [-0.4, -0.2) is 64.0 Å². The van der Waals surface area contributed by atoms with Crippen molar-refractivity contribution >= 4 is 23.4 Å². The molecule has 0 spiro atoms. The molecule has 9 nitrogen and oxygen atoms in total. The van der Waals surface area contributed by atoms with Gasteiger partial charge in [-0.3, -0.25) is 24.0 Å². The van der Waals surface area contributed by atoms with Crippen molar-refractivity contribution in [2.45, 2.75) is 25.9 Å². The number of anilines is 1. The largest absolute Gasteiger partial charge is 0.467 e. The normalized spacial score (nSPS) is 16.3. The van der Waals surface area contributed by atoms with Crippen molar-refractivity contribution in [2.75, 3.05) is 31.6 Å².